The molecule has 0 spiro atoms. The third-order valence-corrected chi connectivity index (χ3v) is 4.21. The first-order chi connectivity index (χ1) is 13.7. The van der Waals surface area contributed by atoms with Gasteiger partial charge in [0.2, 0.25) is 5.91 Å². The molecule has 0 saturated carbocycles. The van der Waals surface area contributed by atoms with Crippen LogP contribution in [0.1, 0.15) is 19.6 Å². The lowest BCUT2D eigenvalue weighted by molar-refractivity contribution is -0.111. The fraction of sp³-hybridized carbons (Fsp3) is 0.381. The molecule has 1 aliphatic heterocycles. The summed E-state index contributed by atoms with van der Waals surface area (Å²) < 4.78 is 22.3. The van der Waals surface area contributed by atoms with E-state index in [-0.39, 0.29) is 5.91 Å². The Balaban J connectivity index is 1.85. The summed E-state index contributed by atoms with van der Waals surface area (Å²) in [5, 5.41) is 2.87. The van der Waals surface area contributed by atoms with Crippen LogP contribution in [0, 0.1) is 0 Å². The van der Waals surface area contributed by atoms with E-state index in [0.717, 1.165) is 18.8 Å². The molecule has 1 amide bonds. The molecule has 1 N–H and O–H groups in total. The monoisotopic (exact) mass is 386 g/mol. The van der Waals surface area contributed by atoms with Crippen LogP contribution in [0.2, 0.25) is 0 Å². The average Bonchev–Trinajstić information content (AvgIpc) is 3.23. The number of morpholine rings is 1. The van der Waals surface area contributed by atoms with E-state index < -0.39 is 0 Å². The summed E-state index contributed by atoms with van der Waals surface area (Å²) in [7, 11) is 0. The third-order valence-electron chi connectivity index (χ3n) is 4.21. The predicted octanol–water partition coefficient (Wildman–Crippen LogP) is 3.57. The lowest BCUT2D eigenvalue weighted by atomic mass is 10.2. The minimum atomic E-state index is -0.279. The van der Waals surface area contributed by atoms with Gasteiger partial charge in [0.05, 0.1) is 44.1 Å². The molecule has 1 aromatic carbocycles. The van der Waals surface area contributed by atoms with Crippen molar-refractivity contribution >= 4 is 23.4 Å². The second kappa shape index (κ2) is 9.85. The van der Waals surface area contributed by atoms with Crippen molar-refractivity contribution in [2.24, 2.45) is 0 Å². The molecule has 0 unspecified atom stereocenters. The fourth-order valence-corrected chi connectivity index (χ4v) is 2.96. The maximum Gasteiger partial charge on any atom is 0.248 e. The number of nitrogens with zero attached hydrogens (tertiary/aromatic N) is 1. The maximum absolute atomic E-state index is 12.4. The molecule has 150 valence electrons. The molecule has 0 aliphatic carbocycles. The van der Waals surface area contributed by atoms with E-state index in [4.69, 9.17) is 18.6 Å². The smallest absolute Gasteiger partial charge is 0.248 e. The van der Waals surface area contributed by atoms with Crippen molar-refractivity contribution in [3.8, 4) is 11.5 Å². The van der Waals surface area contributed by atoms with Gasteiger partial charge in [-0.2, -0.15) is 0 Å². The van der Waals surface area contributed by atoms with Gasteiger partial charge < -0.3 is 28.8 Å². The Labute approximate surface area is 164 Å². The first kappa shape index (κ1) is 19.8. The van der Waals surface area contributed by atoms with Crippen molar-refractivity contribution in [2.75, 3.05) is 49.7 Å². The molecule has 2 aromatic rings. The molecule has 1 aliphatic rings. The minimum absolute atomic E-state index is 0.279. The van der Waals surface area contributed by atoms with E-state index in [0.29, 0.717) is 49.4 Å². The molecular formula is C21H26N2O5. The van der Waals surface area contributed by atoms with Gasteiger partial charge in [-0.15, -0.1) is 0 Å². The quantitative estimate of drug-likeness (QED) is 0.700. The number of rotatable bonds is 8. The number of carbonyl (C=O) groups is 1. The molecule has 0 atom stereocenters. The molecule has 28 heavy (non-hydrogen) atoms. The molecule has 1 aromatic heterocycles. The van der Waals surface area contributed by atoms with Crippen molar-refractivity contribution in [1.29, 1.82) is 0 Å². The number of amides is 1. The Morgan fingerprint density at radius 1 is 1.18 bits per heavy atom. The summed E-state index contributed by atoms with van der Waals surface area (Å²) >= 11 is 0. The second-order valence-electron chi connectivity index (χ2n) is 6.12. The molecule has 0 bridgehead atoms. The molecule has 1 saturated heterocycles. The van der Waals surface area contributed by atoms with Crippen molar-refractivity contribution in [3.05, 3.63) is 42.4 Å². The summed E-state index contributed by atoms with van der Waals surface area (Å²) in [6, 6.07) is 7.28. The normalized spacial score (nSPS) is 14.3. The van der Waals surface area contributed by atoms with E-state index in [1.807, 2.05) is 26.0 Å². The highest BCUT2D eigenvalue weighted by Crippen LogP contribution is 2.39. The Morgan fingerprint density at radius 2 is 1.93 bits per heavy atom. The van der Waals surface area contributed by atoms with Gasteiger partial charge in [-0.1, -0.05) is 0 Å². The zero-order valence-corrected chi connectivity index (χ0v) is 16.3. The topological polar surface area (TPSA) is 73.2 Å². The van der Waals surface area contributed by atoms with Crippen LogP contribution in [-0.2, 0) is 9.53 Å². The van der Waals surface area contributed by atoms with Crippen LogP contribution in [0.5, 0.6) is 11.5 Å². The first-order valence-corrected chi connectivity index (χ1v) is 9.50. The average molecular weight is 386 g/mol. The molecule has 1 fully saturated rings. The maximum atomic E-state index is 12.4. The van der Waals surface area contributed by atoms with Crippen LogP contribution in [0.3, 0.4) is 0 Å². The number of nitrogens with one attached hydrogen (secondary N) is 1. The highest BCUT2D eigenvalue weighted by Gasteiger charge is 2.20. The van der Waals surface area contributed by atoms with Gasteiger partial charge in [0.1, 0.15) is 17.3 Å². The number of anilines is 2. The zero-order valence-electron chi connectivity index (χ0n) is 16.3. The van der Waals surface area contributed by atoms with Crippen molar-refractivity contribution < 1.29 is 23.4 Å². The molecule has 0 radical (unpaired) electrons. The minimum Gasteiger partial charge on any atom is -0.492 e. The third kappa shape index (κ3) is 5.07. The summed E-state index contributed by atoms with van der Waals surface area (Å²) in [5.41, 5.74) is 1.51. The van der Waals surface area contributed by atoms with Gasteiger partial charge in [0, 0.05) is 31.3 Å². The Morgan fingerprint density at radius 3 is 2.61 bits per heavy atom. The number of carbonyl (C=O) groups excluding carboxylic acids is 1. The van der Waals surface area contributed by atoms with Crippen molar-refractivity contribution in [2.45, 2.75) is 13.8 Å². The Kier molecular flexibility index (Phi) is 6.97. The number of hydrogen-bond donors (Lipinski definition) is 1. The van der Waals surface area contributed by atoms with Crippen LogP contribution < -0.4 is 19.7 Å². The van der Waals surface area contributed by atoms with Crippen molar-refractivity contribution in [3.63, 3.8) is 0 Å². The van der Waals surface area contributed by atoms with E-state index in [1.54, 1.807) is 24.5 Å². The second-order valence-corrected chi connectivity index (χ2v) is 6.12. The lowest BCUT2D eigenvalue weighted by Gasteiger charge is -2.31. The van der Waals surface area contributed by atoms with E-state index in [2.05, 4.69) is 10.2 Å². The molecule has 2 heterocycles. The summed E-state index contributed by atoms with van der Waals surface area (Å²) in [5.74, 6) is 1.64. The van der Waals surface area contributed by atoms with Crippen molar-refractivity contribution in [1.82, 2.24) is 0 Å². The van der Waals surface area contributed by atoms with Gasteiger partial charge in [-0.3, -0.25) is 4.79 Å². The fourth-order valence-electron chi connectivity index (χ4n) is 2.96. The van der Waals surface area contributed by atoms with Gasteiger partial charge in [-0.05, 0) is 32.1 Å². The number of ether oxygens (including phenoxy) is 3. The SMILES string of the molecule is CCOc1cc(N2CCOCC2)c(OCC)cc1NC(=O)C=Cc1ccco1. The summed E-state index contributed by atoms with van der Waals surface area (Å²) in [4.78, 5) is 14.6. The predicted molar refractivity (Wildman–Crippen MR) is 108 cm³/mol. The zero-order chi connectivity index (χ0) is 19.8. The van der Waals surface area contributed by atoms with E-state index in [1.165, 1.54) is 6.08 Å². The highest BCUT2D eigenvalue weighted by atomic mass is 16.5. The first-order valence-electron chi connectivity index (χ1n) is 9.50. The van der Waals surface area contributed by atoms with Gasteiger partial charge in [0.25, 0.3) is 0 Å². The summed E-state index contributed by atoms with van der Waals surface area (Å²) in [6.45, 7) is 7.76. The molecule has 3 rings (SSSR count). The number of hydrogen-bond acceptors (Lipinski definition) is 6. The van der Waals surface area contributed by atoms with Gasteiger partial charge in [0.15, 0.2) is 0 Å². The van der Waals surface area contributed by atoms with Crippen LogP contribution in [0.25, 0.3) is 6.08 Å². The van der Waals surface area contributed by atoms with E-state index >= 15 is 0 Å². The van der Waals surface area contributed by atoms with Gasteiger partial charge >= 0.3 is 0 Å². The highest BCUT2D eigenvalue weighted by molar-refractivity contribution is 6.03. The molecule has 7 heteroatoms. The standard InChI is InChI=1S/C21H26N2O5/c1-3-26-19-15-18(23-9-12-25-13-10-23)20(27-4-2)14-17(19)22-21(24)8-7-16-6-5-11-28-16/h5-8,11,14-15H,3-4,9-10,12-13H2,1-2H3,(H,22,24). The van der Waals surface area contributed by atoms with Crippen LogP contribution in [0.4, 0.5) is 11.4 Å². The Bertz CT molecular complexity index is 795. The van der Waals surface area contributed by atoms with Gasteiger partial charge in [-0.25, -0.2) is 0 Å². The van der Waals surface area contributed by atoms with Crippen LogP contribution in [-0.4, -0.2) is 45.4 Å². The lowest BCUT2D eigenvalue weighted by Crippen LogP contribution is -2.36. The molecular weight excluding hydrogens is 360 g/mol. The van der Waals surface area contributed by atoms with Crippen LogP contribution >= 0.6 is 0 Å². The molecule has 7 nitrogen and oxygen atoms in total. The number of benzene rings is 1. The largest absolute Gasteiger partial charge is 0.492 e. The number of furan rings is 1. The van der Waals surface area contributed by atoms with E-state index in [9.17, 15) is 4.79 Å². The Hall–Kier alpha value is -2.93. The summed E-state index contributed by atoms with van der Waals surface area (Å²) in [6.07, 6.45) is 4.59. The van der Waals surface area contributed by atoms with Crippen LogP contribution in [0.15, 0.2) is 41.0 Å².